The summed E-state index contributed by atoms with van der Waals surface area (Å²) in [5, 5.41) is 0. The fourth-order valence-corrected chi connectivity index (χ4v) is 3.65. The Kier molecular flexibility index (Phi) is 18.2. The van der Waals surface area contributed by atoms with Gasteiger partial charge in [-0.15, -0.1) is 11.6 Å². The summed E-state index contributed by atoms with van der Waals surface area (Å²) in [6.07, 6.45) is 19.0. The largest absolute Gasteiger partial charge is 0.122 e. The number of allylic oxidation sites excluding steroid dienone is 1. The number of benzene rings is 3. The molecule has 0 saturated carbocycles. The minimum Gasteiger partial charge on any atom is -0.122 e. The van der Waals surface area contributed by atoms with Crippen LogP contribution >= 0.6 is 11.6 Å². The van der Waals surface area contributed by atoms with Gasteiger partial charge in [0, 0.05) is 5.88 Å². The average Bonchev–Trinajstić information content (AvgIpc) is 2.95. The van der Waals surface area contributed by atoms with Crippen LogP contribution < -0.4 is 0 Å². The van der Waals surface area contributed by atoms with Crippen molar-refractivity contribution in [1.82, 2.24) is 0 Å². The van der Waals surface area contributed by atoms with Gasteiger partial charge < -0.3 is 0 Å². The molecule has 3 aromatic carbocycles. The Hall–Kier alpha value is -3.09. The second-order valence-electron chi connectivity index (χ2n) is 8.47. The molecular weight excluding hydrogens is 456 g/mol. The number of rotatable bonds is 12. The van der Waals surface area contributed by atoms with Gasteiger partial charge in [0.2, 0.25) is 0 Å². The third kappa shape index (κ3) is 14.3. The standard InChI is InChI=1S/C16H24.C10H10.C9H9Cl/c1-3-5-6-7-8-9-10-16-13-11-15(4-2)12-14-16;1-3-9-7-5-6-8-10(9)4-2;10-8-4-7-9-5-2-1-3-6-9/h4,11-14H,2-3,5-10H2,1H3;3-8H,1-2H2;1-7H,8H2. The fraction of sp³-hybridized carbons (Fsp3) is 0.257. The average molecular weight is 499 g/mol. The first kappa shape index (κ1) is 30.9. The van der Waals surface area contributed by atoms with Crippen molar-refractivity contribution < 1.29 is 0 Å². The maximum atomic E-state index is 5.46. The van der Waals surface area contributed by atoms with Crippen LogP contribution in [0.2, 0.25) is 0 Å². The lowest BCUT2D eigenvalue weighted by molar-refractivity contribution is 0.607. The molecule has 0 atom stereocenters. The third-order valence-corrected chi connectivity index (χ3v) is 5.85. The van der Waals surface area contributed by atoms with Crippen molar-refractivity contribution in [2.75, 3.05) is 5.88 Å². The van der Waals surface area contributed by atoms with E-state index in [1.165, 1.54) is 61.6 Å². The Balaban J connectivity index is 0.000000282. The minimum atomic E-state index is 0.578. The molecule has 0 aliphatic heterocycles. The summed E-state index contributed by atoms with van der Waals surface area (Å²) in [5.74, 6) is 0.578. The van der Waals surface area contributed by atoms with E-state index in [-0.39, 0.29) is 0 Å². The highest BCUT2D eigenvalue weighted by molar-refractivity contribution is 6.19. The third-order valence-electron chi connectivity index (χ3n) is 5.67. The van der Waals surface area contributed by atoms with Crippen molar-refractivity contribution in [1.29, 1.82) is 0 Å². The van der Waals surface area contributed by atoms with Crippen molar-refractivity contribution in [2.24, 2.45) is 0 Å². The van der Waals surface area contributed by atoms with Crippen molar-refractivity contribution >= 4 is 35.9 Å². The van der Waals surface area contributed by atoms with E-state index in [0.717, 1.165) is 11.1 Å². The smallest absolute Gasteiger partial charge is 0.0407 e. The Morgan fingerprint density at radius 3 is 1.69 bits per heavy atom. The van der Waals surface area contributed by atoms with E-state index < -0.39 is 0 Å². The number of aryl methyl sites for hydroxylation is 1. The van der Waals surface area contributed by atoms with E-state index >= 15 is 0 Å². The first-order valence-electron chi connectivity index (χ1n) is 13.0. The summed E-state index contributed by atoms with van der Waals surface area (Å²) in [6, 6.07) is 26.9. The predicted molar refractivity (Wildman–Crippen MR) is 166 cm³/mol. The summed E-state index contributed by atoms with van der Waals surface area (Å²) in [5.41, 5.74) is 6.14. The van der Waals surface area contributed by atoms with Crippen molar-refractivity contribution in [3.8, 4) is 0 Å². The molecule has 0 N–H and O–H groups in total. The molecule has 0 nitrogen and oxygen atoms in total. The highest BCUT2D eigenvalue weighted by Gasteiger charge is 1.94. The molecule has 0 aromatic heterocycles. The van der Waals surface area contributed by atoms with Crippen LogP contribution in [0.3, 0.4) is 0 Å². The van der Waals surface area contributed by atoms with Crippen molar-refractivity contribution in [2.45, 2.75) is 51.9 Å². The van der Waals surface area contributed by atoms with Crippen LogP contribution in [-0.2, 0) is 6.42 Å². The molecule has 0 heterocycles. The molecule has 0 amide bonds. The van der Waals surface area contributed by atoms with Crippen molar-refractivity contribution in [3.63, 3.8) is 0 Å². The van der Waals surface area contributed by atoms with Gasteiger partial charge in [-0.3, -0.25) is 0 Å². The number of halogens is 1. The molecule has 0 aliphatic rings. The van der Waals surface area contributed by atoms with Crippen LogP contribution in [0.4, 0.5) is 0 Å². The summed E-state index contributed by atoms with van der Waals surface area (Å²) >= 11 is 5.46. The summed E-state index contributed by atoms with van der Waals surface area (Å²) in [6.45, 7) is 13.4. The topological polar surface area (TPSA) is 0 Å². The van der Waals surface area contributed by atoms with Gasteiger partial charge in [0.15, 0.2) is 0 Å². The quantitative estimate of drug-likeness (QED) is 0.172. The Morgan fingerprint density at radius 1 is 0.611 bits per heavy atom. The summed E-state index contributed by atoms with van der Waals surface area (Å²) in [4.78, 5) is 0. The van der Waals surface area contributed by atoms with Crippen LogP contribution in [0.25, 0.3) is 24.3 Å². The van der Waals surface area contributed by atoms with E-state index in [9.17, 15) is 0 Å². The number of unbranched alkanes of at least 4 members (excludes halogenated alkanes) is 5. The Bertz CT molecular complexity index is 969. The van der Waals surface area contributed by atoms with E-state index in [1.807, 2.05) is 85.0 Å². The summed E-state index contributed by atoms with van der Waals surface area (Å²) < 4.78 is 0. The normalized spacial score (nSPS) is 9.94. The molecule has 0 radical (unpaired) electrons. The maximum absolute atomic E-state index is 5.46. The minimum absolute atomic E-state index is 0.578. The number of alkyl halides is 1. The number of hydrogen-bond acceptors (Lipinski definition) is 0. The Labute approximate surface area is 225 Å². The van der Waals surface area contributed by atoms with Crippen LogP contribution in [0.5, 0.6) is 0 Å². The van der Waals surface area contributed by atoms with Gasteiger partial charge in [0.1, 0.15) is 0 Å². The molecule has 0 spiro atoms. The second kappa shape index (κ2) is 21.2. The van der Waals surface area contributed by atoms with Gasteiger partial charge in [-0.05, 0) is 40.7 Å². The highest BCUT2D eigenvalue weighted by Crippen LogP contribution is 2.12. The lowest BCUT2D eigenvalue weighted by Gasteiger charge is -2.02. The molecule has 0 unspecified atom stereocenters. The highest BCUT2D eigenvalue weighted by atomic mass is 35.5. The molecule has 0 saturated heterocycles. The van der Waals surface area contributed by atoms with E-state index in [0.29, 0.717) is 5.88 Å². The molecule has 0 aliphatic carbocycles. The predicted octanol–water partition coefficient (Wildman–Crippen LogP) is 11.1. The number of hydrogen-bond donors (Lipinski definition) is 0. The van der Waals surface area contributed by atoms with Crippen molar-refractivity contribution in [3.05, 3.63) is 132 Å². The van der Waals surface area contributed by atoms with Gasteiger partial charge >= 0.3 is 0 Å². The van der Waals surface area contributed by atoms with Crippen LogP contribution in [0.1, 0.15) is 73.3 Å². The zero-order chi connectivity index (χ0) is 26.3. The molecule has 3 rings (SSSR count). The van der Waals surface area contributed by atoms with E-state index in [4.69, 9.17) is 11.6 Å². The second-order valence-corrected chi connectivity index (χ2v) is 8.78. The first-order valence-corrected chi connectivity index (χ1v) is 13.5. The monoisotopic (exact) mass is 498 g/mol. The van der Waals surface area contributed by atoms with Crippen LogP contribution in [0.15, 0.2) is 105 Å². The molecule has 0 bridgehead atoms. The molecule has 1 heteroatoms. The molecule has 36 heavy (non-hydrogen) atoms. The van der Waals surface area contributed by atoms with Gasteiger partial charge in [0.05, 0.1) is 0 Å². The zero-order valence-corrected chi connectivity index (χ0v) is 22.8. The van der Waals surface area contributed by atoms with Gasteiger partial charge in [-0.2, -0.15) is 0 Å². The first-order chi connectivity index (χ1) is 17.7. The van der Waals surface area contributed by atoms with Crippen LogP contribution in [-0.4, -0.2) is 5.88 Å². The van der Waals surface area contributed by atoms with Crippen LogP contribution in [0, 0.1) is 0 Å². The fourth-order valence-electron chi connectivity index (χ4n) is 3.56. The van der Waals surface area contributed by atoms with E-state index in [1.54, 1.807) is 0 Å². The Morgan fingerprint density at radius 2 is 1.17 bits per heavy atom. The summed E-state index contributed by atoms with van der Waals surface area (Å²) in [7, 11) is 0. The zero-order valence-electron chi connectivity index (χ0n) is 22.0. The molecule has 3 aromatic rings. The SMILES string of the molecule is C=Cc1ccc(CCCCCCCC)cc1.C=Cc1ccccc1C=C.ClCC=Cc1ccccc1. The molecule has 190 valence electrons. The lowest BCUT2D eigenvalue weighted by Crippen LogP contribution is -1.86. The lowest BCUT2D eigenvalue weighted by atomic mass is 10.0. The van der Waals surface area contributed by atoms with Gasteiger partial charge in [0.25, 0.3) is 0 Å². The molecule has 0 fully saturated rings. The van der Waals surface area contributed by atoms with Gasteiger partial charge in [-0.1, -0.05) is 168 Å². The molecular formula is C35H43Cl. The van der Waals surface area contributed by atoms with Gasteiger partial charge in [-0.25, -0.2) is 0 Å². The van der Waals surface area contributed by atoms with E-state index in [2.05, 4.69) is 50.9 Å². The maximum Gasteiger partial charge on any atom is 0.0407 e.